The van der Waals surface area contributed by atoms with Gasteiger partial charge < -0.3 is 16.0 Å². The van der Waals surface area contributed by atoms with E-state index < -0.39 is 17.5 Å². The van der Waals surface area contributed by atoms with Gasteiger partial charge in [0, 0.05) is 29.2 Å². The van der Waals surface area contributed by atoms with Gasteiger partial charge in [-0.05, 0) is 47.9 Å². The van der Waals surface area contributed by atoms with Gasteiger partial charge in [-0.15, -0.1) is 0 Å². The molecule has 0 fully saturated rings. The highest BCUT2D eigenvalue weighted by molar-refractivity contribution is 6.30. The summed E-state index contributed by atoms with van der Waals surface area (Å²) in [6, 6.07) is 11.6. The number of carbonyl (C=O) groups excluding carboxylic acids is 1. The highest BCUT2D eigenvalue weighted by atomic mass is 35.5. The van der Waals surface area contributed by atoms with Gasteiger partial charge in [0.15, 0.2) is 0 Å². The molecule has 3 aromatic rings. The van der Waals surface area contributed by atoms with Crippen LogP contribution in [-0.4, -0.2) is 21.9 Å². The molecule has 2 aromatic heterocycles. The Morgan fingerprint density at radius 3 is 2.69 bits per heavy atom. The van der Waals surface area contributed by atoms with E-state index in [0.29, 0.717) is 11.4 Å². The summed E-state index contributed by atoms with van der Waals surface area (Å²) in [6.07, 6.45) is 5.20. The van der Waals surface area contributed by atoms with Crippen molar-refractivity contribution in [2.75, 3.05) is 5.32 Å². The zero-order chi connectivity index (χ0) is 18.5. The van der Waals surface area contributed by atoms with E-state index in [0.717, 1.165) is 16.7 Å². The Morgan fingerprint density at radius 2 is 1.96 bits per heavy atom. The van der Waals surface area contributed by atoms with Gasteiger partial charge in [-0.25, -0.2) is 0 Å². The van der Waals surface area contributed by atoms with Crippen LogP contribution in [0.15, 0.2) is 65.8 Å². The van der Waals surface area contributed by atoms with Crippen molar-refractivity contribution in [1.82, 2.24) is 9.97 Å². The van der Waals surface area contributed by atoms with Crippen LogP contribution in [0, 0.1) is 0 Å². The van der Waals surface area contributed by atoms with Crippen LogP contribution in [0.25, 0.3) is 11.1 Å². The van der Waals surface area contributed by atoms with Crippen LogP contribution in [0.2, 0.25) is 5.02 Å². The number of H-pyrrole nitrogens is 1. The van der Waals surface area contributed by atoms with Crippen molar-refractivity contribution in [1.29, 1.82) is 0 Å². The van der Waals surface area contributed by atoms with Gasteiger partial charge >= 0.3 is 0 Å². The largest absolute Gasteiger partial charge is 0.327 e. The van der Waals surface area contributed by atoms with Crippen LogP contribution in [0.1, 0.15) is 5.56 Å². The molecular formula is C19H17ClN4O2. The Labute approximate surface area is 155 Å². The molecule has 0 spiro atoms. The predicted octanol–water partition coefficient (Wildman–Crippen LogP) is 2.60. The number of halogens is 1. The monoisotopic (exact) mass is 368 g/mol. The second-order valence-electron chi connectivity index (χ2n) is 5.80. The second-order valence-corrected chi connectivity index (χ2v) is 6.23. The summed E-state index contributed by atoms with van der Waals surface area (Å²) in [5, 5.41) is 3.18. The Hall–Kier alpha value is -2.96. The van der Waals surface area contributed by atoms with E-state index in [4.69, 9.17) is 17.3 Å². The summed E-state index contributed by atoms with van der Waals surface area (Å²) in [5.41, 5.74) is 8.19. The number of hydrogen-bond donors (Lipinski definition) is 3. The lowest BCUT2D eigenvalue weighted by Crippen LogP contribution is -2.38. The molecule has 0 aliphatic carbocycles. The molecule has 1 atom stereocenters. The smallest absolute Gasteiger partial charge is 0.271 e. The third-order valence-corrected chi connectivity index (χ3v) is 4.09. The average Bonchev–Trinajstić information content (AvgIpc) is 2.64. The number of nitrogens with one attached hydrogen (secondary N) is 2. The number of pyridine rings is 2. The number of nitrogens with zero attached hydrogens (tertiary/aromatic N) is 1. The normalized spacial score (nSPS) is 11.8. The molecular weight excluding hydrogens is 352 g/mol. The van der Waals surface area contributed by atoms with Crippen molar-refractivity contribution in [3.05, 3.63) is 82.0 Å². The zero-order valence-corrected chi connectivity index (χ0v) is 14.5. The highest BCUT2D eigenvalue weighted by Crippen LogP contribution is 2.19. The van der Waals surface area contributed by atoms with Gasteiger partial charge in [0.1, 0.15) is 5.69 Å². The second kappa shape index (κ2) is 7.95. The number of aromatic nitrogens is 2. The Balaban J connectivity index is 1.75. The molecule has 0 saturated heterocycles. The van der Waals surface area contributed by atoms with Crippen LogP contribution in [0.5, 0.6) is 0 Å². The maximum atomic E-state index is 12.4. The maximum Gasteiger partial charge on any atom is 0.271 e. The van der Waals surface area contributed by atoms with Crippen molar-refractivity contribution in [3.63, 3.8) is 0 Å². The highest BCUT2D eigenvalue weighted by Gasteiger charge is 2.16. The van der Waals surface area contributed by atoms with E-state index in [1.54, 1.807) is 42.9 Å². The number of carbonyl (C=O) groups is 1. The predicted molar refractivity (Wildman–Crippen MR) is 102 cm³/mol. The van der Waals surface area contributed by atoms with Gasteiger partial charge in [0.05, 0.1) is 6.04 Å². The van der Waals surface area contributed by atoms with Crippen LogP contribution >= 0.6 is 11.6 Å². The quantitative estimate of drug-likeness (QED) is 0.644. The molecule has 26 heavy (non-hydrogen) atoms. The van der Waals surface area contributed by atoms with E-state index in [2.05, 4.69) is 15.3 Å². The molecule has 132 valence electrons. The third kappa shape index (κ3) is 4.36. The standard InChI is InChI=1S/C19H17ClN4O2/c20-15-3-1-2-12(8-15)9-16(21)18(25)24-17-10-14(11-23-19(17)26)13-4-6-22-7-5-13/h1-8,10-11,16H,9,21H2,(H,23,26)(H,24,25)/t16-/m0/s1. The van der Waals surface area contributed by atoms with E-state index in [-0.39, 0.29) is 5.69 Å². The Kier molecular flexibility index (Phi) is 5.46. The topological polar surface area (TPSA) is 101 Å². The molecule has 0 bridgehead atoms. The SMILES string of the molecule is N[C@@H](Cc1cccc(Cl)c1)C(=O)Nc1cc(-c2ccncc2)c[nH]c1=O. The molecule has 0 radical (unpaired) electrons. The number of hydrogen-bond acceptors (Lipinski definition) is 4. The lowest BCUT2D eigenvalue weighted by atomic mass is 10.1. The Morgan fingerprint density at radius 1 is 1.19 bits per heavy atom. The third-order valence-electron chi connectivity index (χ3n) is 3.86. The number of amides is 1. The van der Waals surface area contributed by atoms with Crippen molar-refractivity contribution in [2.24, 2.45) is 5.73 Å². The summed E-state index contributed by atoms with van der Waals surface area (Å²) in [4.78, 5) is 31.0. The Bertz CT molecular complexity index is 973. The van der Waals surface area contributed by atoms with Gasteiger partial charge in [-0.1, -0.05) is 23.7 Å². The molecule has 7 heteroatoms. The summed E-state index contributed by atoms with van der Waals surface area (Å²) in [7, 11) is 0. The number of benzene rings is 1. The van der Waals surface area contributed by atoms with Gasteiger partial charge in [0.2, 0.25) is 5.91 Å². The molecule has 4 N–H and O–H groups in total. The fourth-order valence-corrected chi connectivity index (χ4v) is 2.74. The van der Waals surface area contributed by atoms with Crippen molar-refractivity contribution >= 4 is 23.2 Å². The first kappa shape index (κ1) is 17.8. The van der Waals surface area contributed by atoms with Crippen molar-refractivity contribution < 1.29 is 4.79 Å². The van der Waals surface area contributed by atoms with Gasteiger partial charge in [-0.3, -0.25) is 14.6 Å². The minimum atomic E-state index is -0.808. The molecule has 3 rings (SSSR count). The molecule has 1 amide bonds. The van der Waals surface area contributed by atoms with Gasteiger partial charge in [0.25, 0.3) is 5.56 Å². The lowest BCUT2D eigenvalue weighted by molar-refractivity contribution is -0.117. The first-order valence-electron chi connectivity index (χ1n) is 7.97. The molecule has 1 aromatic carbocycles. The first-order valence-corrected chi connectivity index (χ1v) is 8.35. The van der Waals surface area contributed by atoms with Crippen LogP contribution < -0.4 is 16.6 Å². The van der Waals surface area contributed by atoms with Crippen LogP contribution in [0.4, 0.5) is 5.69 Å². The molecule has 0 unspecified atom stereocenters. The van der Waals surface area contributed by atoms with E-state index in [9.17, 15) is 9.59 Å². The first-order chi connectivity index (χ1) is 12.5. The number of aromatic amines is 1. The lowest BCUT2D eigenvalue weighted by Gasteiger charge is -2.13. The summed E-state index contributed by atoms with van der Waals surface area (Å²) in [6.45, 7) is 0. The van der Waals surface area contributed by atoms with E-state index >= 15 is 0 Å². The zero-order valence-electron chi connectivity index (χ0n) is 13.8. The maximum absolute atomic E-state index is 12.4. The van der Waals surface area contributed by atoms with Crippen LogP contribution in [0.3, 0.4) is 0 Å². The minimum Gasteiger partial charge on any atom is -0.327 e. The molecule has 6 nitrogen and oxygen atoms in total. The van der Waals surface area contributed by atoms with Crippen molar-refractivity contribution in [2.45, 2.75) is 12.5 Å². The molecule has 0 saturated carbocycles. The van der Waals surface area contributed by atoms with E-state index in [1.807, 2.05) is 18.2 Å². The average molecular weight is 369 g/mol. The number of anilines is 1. The number of rotatable bonds is 5. The van der Waals surface area contributed by atoms with E-state index in [1.165, 1.54) is 0 Å². The summed E-state index contributed by atoms with van der Waals surface area (Å²) in [5.74, 6) is -0.442. The fourth-order valence-electron chi connectivity index (χ4n) is 2.52. The summed E-state index contributed by atoms with van der Waals surface area (Å²) >= 11 is 5.94. The molecule has 0 aliphatic heterocycles. The van der Waals surface area contributed by atoms with Gasteiger partial charge in [-0.2, -0.15) is 0 Å². The molecule has 0 aliphatic rings. The summed E-state index contributed by atoms with van der Waals surface area (Å²) < 4.78 is 0. The fraction of sp³-hybridized carbons (Fsp3) is 0.105. The minimum absolute atomic E-state index is 0.144. The number of nitrogens with two attached hydrogens (primary N) is 1. The molecule has 2 heterocycles. The van der Waals surface area contributed by atoms with Crippen molar-refractivity contribution in [3.8, 4) is 11.1 Å². The van der Waals surface area contributed by atoms with Crippen LogP contribution in [-0.2, 0) is 11.2 Å².